The van der Waals surface area contributed by atoms with E-state index in [1.165, 1.54) is 32.4 Å². The normalized spacial score (nSPS) is 17.9. The van der Waals surface area contributed by atoms with E-state index in [-0.39, 0.29) is 35.8 Å². The van der Waals surface area contributed by atoms with E-state index >= 15 is 0 Å². The Labute approximate surface area is 246 Å². The summed E-state index contributed by atoms with van der Waals surface area (Å²) >= 11 is 0. The lowest BCUT2D eigenvalue weighted by molar-refractivity contribution is -0.270. The number of alkyl halides is 6. The van der Waals surface area contributed by atoms with Crippen molar-refractivity contribution in [3.05, 3.63) is 71.2 Å². The standard InChI is InChI=1S/C29H27F7N2O6/c1-41-11-12-43-21-8-5-17(13-22(21)42-2)20(39)9-10-27(40,29(34,35)36)23-14-19-25(44-15-26(19,37)28(31,32)33)24(38-23)16-3-6-18(30)7-4-16/h3-8,13-14,40H,9-12,15,37H2,1-2H3/t26-,27-/m0/s1. The fourth-order valence-electron chi connectivity index (χ4n) is 4.57. The van der Waals surface area contributed by atoms with Gasteiger partial charge >= 0.3 is 12.4 Å². The topological polar surface area (TPSA) is 113 Å². The minimum Gasteiger partial charge on any atom is -0.493 e. The number of nitrogens with two attached hydrogens (primary N) is 1. The largest absolute Gasteiger partial charge is 0.493 e. The van der Waals surface area contributed by atoms with E-state index in [2.05, 4.69) is 4.98 Å². The quantitative estimate of drug-likeness (QED) is 0.163. The smallest absolute Gasteiger partial charge is 0.422 e. The lowest BCUT2D eigenvalue weighted by Gasteiger charge is -2.32. The number of halogens is 7. The SMILES string of the molecule is COCCOc1ccc(C(=O)CC[C@](O)(c2cc3c(c(-c4ccc(F)cc4)n2)OC[C@@]3(N)C(F)(F)F)C(F)(F)F)cc1OC. The van der Waals surface area contributed by atoms with Crippen LogP contribution in [0.1, 0.15) is 34.5 Å². The molecular formula is C29H27F7N2O6. The number of nitrogens with zero attached hydrogens (tertiary/aromatic N) is 1. The fourth-order valence-corrected chi connectivity index (χ4v) is 4.57. The number of hydrogen-bond donors (Lipinski definition) is 2. The van der Waals surface area contributed by atoms with Crippen LogP contribution in [0, 0.1) is 5.82 Å². The molecule has 0 bridgehead atoms. The molecule has 3 N–H and O–H groups in total. The van der Waals surface area contributed by atoms with Gasteiger partial charge in [0.2, 0.25) is 5.60 Å². The summed E-state index contributed by atoms with van der Waals surface area (Å²) in [5, 5.41) is 11.1. The number of benzene rings is 2. The van der Waals surface area contributed by atoms with Gasteiger partial charge in [0.1, 0.15) is 24.7 Å². The minimum absolute atomic E-state index is 0.0779. The minimum atomic E-state index is -5.51. The van der Waals surface area contributed by atoms with E-state index < -0.39 is 77.2 Å². The van der Waals surface area contributed by atoms with Crippen molar-refractivity contribution in [3.63, 3.8) is 0 Å². The number of ketones is 1. The molecule has 15 heteroatoms. The first-order valence-corrected chi connectivity index (χ1v) is 13.0. The molecule has 0 unspecified atom stereocenters. The van der Waals surface area contributed by atoms with Gasteiger partial charge in [-0.2, -0.15) is 26.3 Å². The third-order valence-electron chi connectivity index (χ3n) is 7.16. The van der Waals surface area contributed by atoms with Crippen molar-refractivity contribution in [2.75, 3.05) is 34.0 Å². The first-order valence-electron chi connectivity index (χ1n) is 13.0. The molecule has 0 saturated carbocycles. The highest BCUT2D eigenvalue weighted by Gasteiger charge is 2.61. The number of carbonyl (C=O) groups is 1. The van der Waals surface area contributed by atoms with E-state index in [9.17, 15) is 40.6 Å². The van der Waals surface area contributed by atoms with Crippen LogP contribution in [0.25, 0.3) is 11.3 Å². The summed E-state index contributed by atoms with van der Waals surface area (Å²) < 4.78 is 120. The lowest BCUT2D eigenvalue weighted by atomic mass is 9.85. The molecule has 3 aromatic rings. The molecular weight excluding hydrogens is 605 g/mol. The predicted molar refractivity (Wildman–Crippen MR) is 141 cm³/mol. The summed E-state index contributed by atoms with van der Waals surface area (Å²) in [6, 6.07) is 8.25. The third kappa shape index (κ3) is 6.16. The molecule has 0 spiro atoms. The van der Waals surface area contributed by atoms with Gasteiger partial charge in [-0.3, -0.25) is 4.79 Å². The van der Waals surface area contributed by atoms with Gasteiger partial charge in [0.25, 0.3) is 0 Å². The average Bonchev–Trinajstić information content (AvgIpc) is 3.33. The van der Waals surface area contributed by atoms with E-state index in [1.807, 2.05) is 0 Å². The molecule has 1 aromatic heterocycles. The van der Waals surface area contributed by atoms with Crippen LogP contribution in [0.3, 0.4) is 0 Å². The molecule has 0 radical (unpaired) electrons. The Morgan fingerprint density at radius 2 is 1.70 bits per heavy atom. The molecule has 0 amide bonds. The number of carbonyl (C=O) groups excluding carboxylic acids is 1. The number of pyridine rings is 1. The molecule has 1 aliphatic heterocycles. The highest BCUT2D eigenvalue weighted by atomic mass is 19.4. The van der Waals surface area contributed by atoms with Crippen LogP contribution in [0.15, 0.2) is 48.5 Å². The van der Waals surface area contributed by atoms with Crippen LogP contribution in [0.5, 0.6) is 17.2 Å². The van der Waals surface area contributed by atoms with Crippen molar-refractivity contribution in [2.45, 2.75) is 36.3 Å². The molecule has 0 saturated heterocycles. The highest BCUT2D eigenvalue weighted by Crippen LogP contribution is 2.51. The van der Waals surface area contributed by atoms with Gasteiger partial charge in [0.15, 0.2) is 28.6 Å². The fraction of sp³-hybridized carbons (Fsp3) is 0.379. The molecule has 4 rings (SSSR count). The second-order valence-electron chi connectivity index (χ2n) is 9.99. The molecule has 8 nitrogen and oxygen atoms in total. The molecule has 0 aliphatic carbocycles. The van der Waals surface area contributed by atoms with Crippen molar-refractivity contribution in [3.8, 4) is 28.5 Å². The predicted octanol–water partition coefficient (Wildman–Crippen LogP) is 5.44. The second-order valence-corrected chi connectivity index (χ2v) is 9.99. The van der Waals surface area contributed by atoms with Crippen LogP contribution in [-0.4, -0.2) is 62.3 Å². The Hall–Kier alpha value is -3.95. The number of aliphatic hydroxyl groups is 1. The highest BCUT2D eigenvalue weighted by molar-refractivity contribution is 5.96. The molecule has 44 heavy (non-hydrogen) atoms. The first kappa shape index (κ1) is 33.0. The van der Waals surface area contributed by atoms with E-state index in [1.54, 1.807) is 0 Å². The Morgan fingerprint density at radius 1 is 1.02 bits per heavy atom. The maximum atomic E-state index is 14.5. The van der Waals surface area contributed by atoms with Crippen molar-refractivity contribution in [1.82, 2.24) is 4.98 Å². The zero-order valence-electron chi connectivity index (χ0n) is 23.3. The number of ether oxygens (including phenoxy) is 4. The summed E-state index contributed by atoms with van der Waals surface area (Å²) in [5.74, 6) is -1.81. The number of hydrogen-bond acceptors (Lipinski definition) is 8. The molecule has 238 valence electrons. The van der Waals surface area contributed by atoms with Crippen LogP contribution >= 0.6 is 0 Å². The Bertz CT molecular complexity index is 1510. The van der Waals surface area contributed by atoms with Gasteiger partial charge in [0, 0.05) is 30.2 Å². The molecule has 1 aliphatic rings. The Morgan fingerprint density at radius 3 is 2.30 bits per heavy atom. The summed E-state index contributed by atoms with van der Waals surface area (Å²) in [6.07, 6.45) is -12.9. The third-order valence-corrected chi connectivity index (χ3v) is 7.16. The van der Waals surface area contributed by atoms with Gasteiger partial charge in [-0.15, -0.1) is 0 Å². The first-order chi connectivity index (χ1) is 20.6. The number of Topliss-reactive ketones (excluding diaryl/α,β-unsaturated/α-hetero) is 1. The van der Waals surface area contributed by atoms with Gasteiger partial charge in [-0.05, 0) is 55.0 Å². The van der Waals surface area contributed by atoms with Crippen molar-refractivity contribution in [2.24, 2.45) is 5.73 Å². The van der Waals surface area contributed by atoms with Crippen molar-refractivity contribution >= 4 is 5.78 Å². The Kier molecular flexibility index (Phi) is 9.14. The number of methoxy groups -OCH3 is 2. The number of aromatic nitrogens is 1. The van der Waals surface area contributed by atoms with E-state index in [0.29, 0.717) is 6.07 Å². The van der Waals surface area contributed by atoms with Gasteiger partial charge in [-0.1, -0.05) is 0 Å². The molecule has 2 aromatic carbocycles. The zero-order chi connectivity index (χ0) is 32.5. The van der Waals surface area contributed by atoms with Gasteiger partial charge in [0.05, 0.1) is 19.4 Å². The van der Waals surface area contributed by atoms with E-state index in [4.69, 9.17) is 24.7 Å². The summed E-state index contributed by atoms with van der Waals surface area (Å²) in [5.41, 5.74) is -4.39. The Balaban J connectivity index is 1.75. The number of rotatable bonds is 11. The molecule has 0 fully saturated rings. The second kappa shape index (κ2) is 12.2. The van der Waals surface area contributed by atoms with Crippen molar-refractivity contribution < 1.29 is 59.6 Å². The molecule has 2 heterocycles. The van der Waals surface area contributed by atoms with Crippen molar-refractivity contribution in [1.29, 1.82) is 0 Å². The maximum absolute atomic E-state index is 14.5. The van der Waals surface area contributed by atoms with E-state index in [0.717, 1.165) is 24.3 Å². The van der Waals surface area contributed by atoms with Crippen LogP contribution in [0.2, 0.25) is 0 Å². The van der Waals surface area contributed by atoms with Crippen LogP contribution < -0.4 is 19.9 Å². The average molecular weight is 633 g/mol. The molecule has 2 atom stereocenters. The number of fused-ring (bicyclic) bond motifs is 1. The van der Waals surface area contributed by atoms with Gasteiger partial charge in [-0.25, -0.2) is 9.37 Å². The summed E-state index contributed by atoms with van der Waals surface area (Å²) in [6.45, 7) is -0.781. The van der Waals surface area contributed by atoms with Gasteiger partial charge < -0.3 is 29.8 Å². The van der Waals surface area contributed by atoms with Crippen LogP contribution in [-0.2, 0) is 15.9 Å². The lowest BCUT2D eigenvalue weighted by Crippen LogP contribution is -2.52. The summed E-state index contributed by atoms with van der Waals surface area (Å²) in [7, 11) is 2.75. The monoisotopic (exact) mass is 632 g/mol. The zero-order valence-corrected chi connectivity index (χ0v) is 23.3. The van der Waals surface area contributed by atoms with Crippen LogP contribution in [0.4, 0.5) is 30.7 Å². The summed E-state index contributed by atoms with van der Waals surface area (Å²) in [4.78, 5) is 16.8. The maximum Gasteiger partial charge on any atom is 0.422 e.